The number of carboxylic acid groups (broad SMARTS) is 1. The average molecular weight is 367 g/mol. The van der Waals surface area contributed by atoms with E-state index in [-0.39, 0.29) is 17.0 Å². The minimum absolute atomic E-state index is 0.138. The van der Waals surface area contributed by atoms with E-state index in [0.29, 0.717) is 22.6 Å². The van der Waals surface area contributed by atoms with Crippen LogP contribution in [0.2, 0.25) is 0 Å². The zero-order chi connectivity index (χ0) is 19.8. The third-order valence-corrected chi connectivity index (χ3v) is 4.12. The lowest BCUT2D eigenvalue weighted by Crippen LogP contribution is -2.22. The molecule has 0 aliphatic heterocycles. The normalized spacial score (nSPS) is 11.4. The second-order valence-corrected chi connectivity index (χ2v) is 7.21. The molecule has 8 nitrogen and oxygen atoms in total. The number of aromatic nitrogens is 4. The lowest BCUT2D eigenvalue weighted by atomic mass is 10.1. The summed E-state index contributed by atoms with van der Waals surface area (Å²) in [5.41, 5.74) is 2.13. The zero-order valence-corrected chi connectivity index (χ0v) is 15.6. The van der Waals surface area contributed by atoms with Gasteiger partial charge in [0.2, 0.25) is 0 Å². The van der Waals surface area contributed by atoms with Crippen LogP contribution in [0.4, 0.5) is 5.69 Å². The van der Waals surface area contributed by atoms with E-state index in [1.807, 2.05) is 20.8 Å². The van der Waals surface area contributed by atoms with Crippen LogP contribution in [0.3, 0.4) is 0 Å². The highest BCUT2D eigenvalue weighted by Crippen LogP contribution is 2.19. The van der Waals surface area contributed by atoms with Crippen LogP contribution in [0.25, 0.3) is 5.69 Å². The van der Waals surface area contributed by atoms with Gasteiger partial charge in [0, 0.05) is 11.9 Å². The van der Waals surface area contributed by atoms with E-state index in [0.717, 1.165) is 0 Å². The molecule has 27 heavy (non-hydrogen) atoms. The van der Waals surface area contributed by atoms with Gasteiger partial charge < -0.3 is 10.4 Å². The largest absolute Gasteiger partial charge is 0.478 e. The molecule has 0 unspecified atom stereocenters. The van der Waals surface area contributed by atoms with Gasteiger partial charge in [0.1, 0.15) is 5.56 Å². The molecule has 0 bridgehead atoms. The lowest BCUT2D eigenvalue weighted by molar-refractivity contribution is 0.0696. The summed E-state index contributed by atoms with van der Waals surface area (Å²) in [6.45, 7) is 7.69. The van der Waals surface area contributed by atoms with Gasteiger partial charge in [-0.05, 0) is 45.9 Å². The Labute approximate surface area is 156 Å². The summed E-state index contributed by atoms with van der Waals surface area (Å²) in [6.07, 6.45) is 4.54. The van der Waals surface area contributed by atoms with Gasteiger partial charge in [0.25, 0.3) is 5.91 Å². The number of carbonyl (C=O) groups excluding carboxylic acids is 1. The monoisotopic (exact) mass is 367 g/mol. The summed E-state index contributed by atoms with van der Waals surface area (Å²) in [6, 6.07) is 7.05. The second kappa shape index (κ2) is 6.71. The molecule has 2 heterocycles. The van der Waals surface area contributed by atoms with Gasteiger partial charge in [0.15, 0.2) is 0 Å². The summed E-state index contributed by atoms with van der Waals surface area (Å²) in [4.78, 5) is 23.7. The smallest absolute Gasteiger partial charge is 0.339 e. The van der Waals surface area contributed by atoms with Gasteiger partial charge >= 0.3 is 5.97 Å². The highest BCUT2D eigenvalue weighted by atomic mass is 16.4. The van der Waals surface area contributed by atoms with Crippen LogP contribution in [-0.4, -0.2) is 36.5 Å². The van der Waals surface area contributed by atoms with E-state index in [2.05, 4.69) is 15.5 Å². The summed E-state index contributed by atoms with van der Waals surface area (Å²) in [7, 11) is 0. The molecular weight excluding hydrogens is 346 g/mol. The standard InChI is InChI=1S/C19H21N5O3/c1-12-16(18(26)27)10-21-24(12)15-7-5-6-14(8-15)22-17(25)13-9-20-23(11-13)19(2,3)4/h5-11H,1-4H3,(H,22,25)(H,26,27). The Kier molecular flexibility index (Phi) is 4.57. The molecule has 3 aromatic rings. The predicted octanol–water partition coefficient (Wildman–Crippen LogP) is 3.08. The molecular formula is C19H21N5O3. The molecule has 0 aliphatic rings. The van der Waals surface area contributed by atoms with Crippen molar-refractivity contribution in [3.05, 3.63) is 59.7 Å². The first-order valence-electron chi connectivity index (χ1n) is 8.41. The van der Waals surface area contributed by atoms with Gasteiger partial charge in [-0.25, -0.2) is 9.48 Å². The summed E-state index contributed by atoms with van der Waals surface area (Å²) in [5.74, 6) is -1.30. The maximum Gasteiger partial charge on any atom is 0.339 e. The average Bonchev–Trinajstić information content (AvgIpc) is 3.21. The first kappa shape index (κ1) is 18.4. The molecule has 1 aromatic carbocycles. The van der Waals surface area contributed by atoms with Crippen molar-refractivity contribution in [1.82, 2.24) is 19.6 Å². The number of rotatable bonds is 4. The van der Waals surface area contributed by atoms with Crippen molar-refractivity contribution in [1.29, 1.82) is 0 Å². The van der Waals surface area contributed by atoms with Crippen molar-refractivity contribution in [3.63, 3.8) is 0 Å². The van der Waals surface area contributed by atoms with Crippen LogP contribution in [0.5, 0.6) is 0 Å². The third-order valence-electron chi connectivity index (χ3n) is 4.12. The Morgan fingerprint density at radius 1 is 1.15 bits per heavy atom. The zero-order valence-electron chi connectivity index (χ0n) is 15.6. The van der Waals surface area contributed by atoms with E-state index >= 15 is 0 Å². The fourth-order valence-electron chi connectivity index (χ4n) is 2.61. The number of amides is 1. The van der Waals surface area contributed by atoms with Crippen LogP contribution in [0.15, 0.2) is 42.9 Å². The van der Waals surface area contributed by atoms with E-state index in [1.165, 1.54) is 17.1 Å². The number of carbonyl (C=O) groups is 2. The predicted molar refractivity (Wildman–Crippen MR) is 100 cm³/mol. The van der Waals surface area contributed by atoms with Crippen molar-refractivity contribution in [3.8, 4) is 5.69 Å². The van der Waals surface area contributed by atoms with Gasteiger partial charge in [-0.3, -0.25) is 9.48 Å². The van der Waals surface area contributed by atoms with Crippen molar-refractivity contribution in [2.75, 3.05) is 5.32 Å². The maximum atomic E-state index is 12.5. The van der Waals surface area contributed by atoms with Gasteiger partial charge in [0.05, 0.1) is 34.9 Å². The molecule has 8 heteroatoms. The van der Waals surface area contributed by atoms with E-state index in [4.69, 9.17) is 5.11 Å². The topological polar surface area (TPSA) is 102 Å². The molecule has 140 valence electrons. The van der Waals surface area contributed by atoms with Gasteiger partial charge in [-0.2, -0.15) is 10.2 Å². The first-order chi connectivity index (χ1) is 12.7. The van der Waals surface area contributed by atoms with Gasteiger partial charge in [-0.15, -0.1) is 0 Å². The molecule has 0 saturated carbocycles. The fraction of sp³-hybridized carbons (Fsp3) is 0.263. The molecule has 0 spiro atoms. The Balaban J connectivity index is 1.83. The minimum atomic E-state index is -1.03. The highest BCUT2D eigenvalue weighted by molar-refractivity contribution is 6.04. The van der Waals surface area contributed by atoms with Crippen LogP contribution in [0.1, 0.15) is 47.2 Å². The van der Waals surface area contributed by atoms with E-state index < -0.39 is 5.97 Å². The molecule has 2 aromatic heterocycles. The Morgan fingerprint density at radius 2 is 1.89 bits per heavy atom. The highest BCUT2D eigenvalue weighted by Gasteiger charge is 2.17. The summed E-state index contributed by atoms with van der Waals surface area (Å²) < 4.78 is 3.26. The number of nitrogens with one attached hydrogen (secondary N) is 1. The Bertz CT molecular complexity index is 1010. The Hall–Kier alpha value is -3.42. The SMILES string of the molecule is Cc1c(C(=O)O)cnn1-c1cccc(NC(=O)c2cnn(C(C)(C)C)c2)c1. The number of anilines is 1. The molecule has 0 saturated heterocycles. The molecule has 0 atom stereocenters. The number of carboxylic acids is 1. The number of aromatic carboxylic acids is 1. The number of hydrogen-bond acceptors (Lipinski definition) is 4. The maximum absolute atomic E-state index is 12.5. The first-order valence-corrected chi connectivity index (χ1v) is 8.41. The number of nitrogens with zero attached hydrogens (tertiary/aromatic N) is 4. The summed E-state index contributed by atoms with van der Waals surface area (Å²) in [5, 5.41) is 20.4. The molecule has 0 aliphatic carbocycles. The van der Waals surface area contributed by atoms with E-state index in [1.54, 1.807) is 42.1 Å². The Morgan fingerprint density at radius 3 is 2.48 bits per heavy atom. The minimum Gasteiger partial charge on any atom is -0.478 e. The van der Waals surface area contributed by atoms with Crippen molar-refractivity contribution in [2.45, 2.75) is 33.2 Å². The molecule has 0 radical (unpaired) electrons. The summed E-state index contributed by atoms with van der Waals surface area (Å²) >= 11 is 0. The van der Waals surface area contributed by atoms with Crippen LogP contribution < -0.4 is 5.32 Å². The quantitative estimate of drug-likeness (QED) is 0.738. The number of hydrogen-bond donors (Lipinski definition) is 2. The second-order valence-electron chi connectivity index (χ2n) is 7.21. The number of benzene rings is 1. The molecule has 3 rings (SSSR count). The fourth-order valence-corrected chi connectivity index (χ4v) is 2.61. The molecule has 2 N–H and O–H groups in total. The lowest BCUT2D eigenvalue weighted by Gasteiger charge is -2.18. The van der Waals surface area contributed by atoms with Crippen LogP contribution in [-0.2, 0) is 5.54 Å². The van der Waals surface area contributed by atoms with Crippen LogP contribution >= 0.6 is 0 Å². The van der Waals surface area contributed by atoms with E-state index in [9.17, 15) is 9.59 Å². The van der Waals surface area contributed by atoms with Gasteiger partial charge in [-0.1, -0.05) is 6.07 Å². The third kappa shape index (κ3) is 3.74. The van der Waals surface area contributed by atoms with Crippen molar-refractivity contribution >= 4 is 17.6 Å². The molecule has 1 amide bonds. The van der Waals surface area contributed by atoms with Crippen LogP contribution in [0, 0.1) is 6.92 Å². The molecule has 0 fully saturated rings. The van der Waals surface area contributed by atoms with Crippen molar-refractivity contribution in [2.24, 2.45) is 0 Å². The van der Waals surface area contributed by atoms with Crippen molar-refractivity contribution < 1.29 is 14.7 Å².